The molecule has 2 amide bonds. The van der Waals surface area contributed by atoms with E-state index in [1.807, 2.05) is 6.07 Å². The number of hydrogen-bond donors (Lipinski definition) is 1. The van der Waals surface area contributed by atoms with Crippen molar-refractivity contribution in [3.8, 4) is 0 Å². The van der Waals surface area contributed by atoms with Gasteiger partial charge in [-0.05, 0) is 36.9 Å². The van der Waals surface area contributed by atoms with Crippen LogP contribution in [0.25, 0.3) is 10.9 Å². The molecule has 5 nitrogen and oxygen atoms in total. The van der Waals surface area contributed by atoms with Crippen molar-refractivity contribution < 1.29 is 9.59 Å². The van der Waals surface area contributed by atoms with Gasteiger partial charge in [-0.25, -0.2) is 0 Å². The van der Waals surface area contributed by atoms with Gasteiger partial charge >= 0.3 is 0 Å². The smallest absolute Gasteiger partial charge is 0.229 e. The lowest BCUT2D eigenvalue weighted by Crippen LogP contribution is -2.41. The number of H-pyrrole nitrogens is 1. The molecule has 2 saturated heterocycles. The number of nitrogens with one attached hydrogen (secondary N) is 1. The van der Waals surface area contributed by atoms with E-state index >= 15 is 0 Å². The van der Waals surface area contributed by atoms with E-state index in [0.29, 0.717) is 25.4 Å². The Kier molecular flexibility index (Phi) is 4.10. The molecule has 3 heterocycles. The van der Waals surface area contributed by atoms with Crippen LogP contribution in [0.1, 0.15) is 43.8 Å². The monoisotopic (exact) mass is 325 g/mol. The maximum absolute atomic E-state index is 11.8. The van der Waals surface area contributed by atoms with Gasteiger partial charge in [-0.3, -0.25) is 19.4 Å². The van der Waals surface area contributed by atoms with E-state index in [4.69, 9.17) is 0 Å². The highest BCUT2D eigenvalue weighted by atomic mass is 16.2. The first-order valence-electron chi connectivity index (χ1n) is 8.87. The second-order valence-corrected chi connectivity index (χ2v) is 6.80. The summed E-state index contributed by atoms with van der Waals surface area (Å²) in [4.78, 5) is 31.0. The summed E-state index contributed by atoms with van der Waals surface area (Å²) in [6.45, 7) is 2.31. The van der Waals surface area contributed by atoms with Gasteiger partial charge in [0.2, 0.25) is 11.8 Å². The van der Waals surface area contributed by atoms with Crippen LogP contribution >= 0.6 is 0 Å². The fourth-order valence-corrected chi connectivity index (χ4v) is 3.99. The Labute approximate surface area is 141 Å². The van der Waals surface area contributed by atoms with Gasteiger partial charge in [0.05, 0.1) is 0 Å². The summed E-state index contributed by atoms with van der Waals surface area (Å²) in [7, 11) is 0. The number of aromatic amines is 1. The molecule has 2 aliphatic rings. The number of rotatable bonds is 4. The van der Waals surface area contributed by atoms with Gasteiger partial charge in [-0.1, -0.05) is 24.6 Å². The van der Waals surface area contributed by atoms with Crippen LogP contribution in [-0.4, -0.2) is 46.2 Å². The number of para-hydroxylation sites is 1. The summed E-state index contributed by atoms with van der Waals surface area (Å²) in [5.41, 5.74) is 2.41. The van der Waals surface area contributed by atoms with Gasteiger partial charge < -0.3 is 4.98 Å². The second-order valence-electron chi connectivity index (χ2n) is 6.80. The van der Waals surface area contributed by atoms with Crippen molar-refractivity contribution in [1.29, 1.82) is 0 Å². The third-order valence-electron chi connectivity index (χ3n) is 5.29. The van der Waals surface area contributed by atoms with E-state index in [0.717, 1.165) is 19.5 Å². The lowest BCUT2D eigenvalue weighted by atomic mass is 9.99. The van der Waals surface area contributed by atoms with Gasteiger partial charge in [-0.2, -0.15) is 0 Å². The predicted molar refractivity (Wildman–Crippen MR) is 92.4 cm³/mol. The zero-order valence-corrected chi connectivity index (χ0v) is 13.8. The zero-order chi connectivity index (χ0) is 16.5. The minimum absolute atomic E-state index is 0.0147. The molecule has 0 bridgehead atoms. The topological polar surface area (TPSA) is 56.4 Å². The molecule has 1 aromatic carbocycles. The number of carbonyl (C=O) groups excluding carboxylic acids is 2. The Bertz CT molecular complexity index is 718. The summed E-state index contributed by atoms with van der Waals surface area (Å²) < 4.78 is 0. The van der Waals surface area contributed by atoms with Crippen LogP contribution in [0.3, 0.4) is 0 Å². The van der Waals surface area contributed by atoms with Crippen LogP contribution in [0.2, 0.25) is 0 Å². The third kappa shape index (κ3) is 2.84. The van der Waals surface area contributed by atoms with Crippen molar-refractivity contribution >= 4 is 22.7 Å². The van der Waals surface area contributed by atoms with Crippen LogP contribution in [0.5, 0.6) is 0 Å². The van der Waals surface area contributed by atoms with Crippen LogP contribution in [0, 0.1) is 0 Å². The number of hydrogen-bond acceptors (Lipinski definition) is 3. The number of amides is 2. The van der Waals surface area contributed by atoms with Crippen molar-refractivity contribution in [2.24, 2.45) is 0 Å². The minimum atomic E-state index is -0.0147. The molecular formula is C19H23N3O2. The van der Waals surface area contributed by atoms with Crippen LogP contribution in [0.15, 0.2) is 30.3 Å². The summed E-state index contributed by atoms with van der Waals surface area (Å²) in [5, 5.41) is 1.24. The molecule has 2 aliphatic heterocycles. The van der Waals surface area contributed by atoms with E-state index < -0.39 is 0 Å². The molecule has 2 aromatic rings. The molecule has 24 heavy (non-hydrogen) atoms. The Balaban J connectivity index is 1.50. The number of nitrogens with zero attached hydrogens (tertiary/aromatic N) is 2. The molecule has 5 heteroatoms. The van der Waals surface area contributed by atoms with Crippen LogP contribution in [0.4, 0.5) is 0 Å². The third-order valence-corrected chi connectivity index (χ3v) is 5.29. The number of fused-ring (bicyclic) bond motifs is 1. The lowest BCUT2D eigenvalue weighted by Gasteiger charge is -2.36. The molecule has 1 unspecified atom stereocenters. The number of likely N-dealkylation sites (tertiary alicyclic amines) is 2. The molecule has 0 saturated carbocycles. The Morgan fingerprint density at radius 2 is 1.83 bits per heavy atom. The van der Waals surface area contributed by atoms with Gasteiger partial charge in [0, 0.05) is 43.2 Å². The number of imide groups is 1. The molecule has 4 rings (SSSR count). The number of carbonyl (C=O) groups is 2. The molecule has 2 fully saturated rings. The molecule has 1 N–H and O–H groups in total. The molecule has 0 aliphatic carbocycles. The van der Waals surface area contributed by atoms with Crippen molar-refractivity contribution in [3.63, 3.8) is 0 Å². The van der Waals surface area contributed by atoms with E-state index in [-0.39, 0.29) is 11.8 Å². The fraction of sp³-hybridized carbons (Fsp3) is 0.474. The minimum Gasteiger partial charge on any atom is -0.357 e. The Morgan fingerprint density at radius 1 is 1.04 bits per heavy atom. The molecule has 1 aromatic heterocycles. The number of piperidine rings is 1. The quantitative estimate of drug-likeness (QED) is 0.880. The summed E-state index contributed by atoms with van der Waals surface area (Å²) in [5.74, 6) is -0.0293. The molecule has 0 spiro atoms. The van der Waals surface area contributed by atoms with Crippen molar-refractivity contribution in [2.45, 2.75) is 38.1 Å². The number of benzene rings is 1. The highest BCUT2D eigenvalue weighted by Crippen LogP contribution is 2.32. The van der Waals surface area contributed by atoms with Crippen LogP contribution < -0.4 is 0 Å². The van der Waals surface area contributed by atoms with Gasteiger partial charge in [0.25, 0.3) is 0 Å². The average molecular weight is 325 g/mol. The first-order valence-corrected chi connectivity index (χ1v) is 8.87. The Hall–Kier alpha value is -2.14. The van der Waals surface area contributed by atoms with Gasteiger partial charge in [-0.15, -0.1) is 0 Å². The lowest BCUT2D eigenvalue weighted by molar-refractivity contribution is -0.138. The van der Waals surface area contributed by atoms with Crippen molar-refractivity contribution in [3.05, 3.63) is 36.0 Å². The zero-order valence-electron chi connectivity index (χ0n) is 13.8. The standard InChI is InChI=1S/C19H23N3O2/c23-18-8-9-19(24)22(18)12-11-21-10-4-3-7-17(21)16-13-14-5-1-2-6-15(14)20-16/h1-2,5-6,13,17,20H,3-4,7-12H2. The summed E-state index contributed by atoms with van der Waals surface area (Å²) >= 11 is 0. The highest BCUT2D eigenvalue weighted by molar-refractivity contribution is 6.01. The fourth-order valence-electron chi connectivity index (χ4n) is 3.99. The van der Waals surface area contributed by atoms with E-state index in [1.54, 1.807) is 0 Å². The van der Waals surface area contributed by atoms with Crippen molar-refractivity contribution in [1.82, 2.24) is 14.8 Å². The second kappa shape index (κ2) is 6.40. The summed E-state index contributed by atoms with van der Waals surface area (Å²) in [6, 6.07) is 10.9. The van der Waals surface area contributed by atoms with E-state index in [1.165, 1.54) is 34.3 Å². The Morgan fingerprint density at radius 3 is 2.62 bits per heavy atom. The summed E-state index contributed by atoms with van der Waals surface area (Å²) in [6.07, 6.45) is 4.28. The van der Waals surface area contributed by atoms with Crippen molar-refractivity contribution in [2.75, 3.05) is 19.6 Å². The maximum Gasteiger partial charge on any atom is 0.229 e. The predicted octanol–water partition coefficient (Wildman–Crippen LogP) is 2.84. The number of aromatic nitrogens is 1. The largest absolute Gasteiger partial charge is 0.357 e. The van der Waals surface area contributed by atoms with Gasteiger partial charge in [0.1, 0.15) is 0 Å². The first kappa shape index (κ1) is 15.4. The average Bonchev–Trinajstić information content (AvgIpc) is 3.17. The highest BCUT2D eigenvalue weighted by Gasteiger charge is 2.31. The van der Waals surface area contributed by atoms with E-state index in [9.17, 15) is 9.59 Å². The normalized spacial score (nSPS) is 22.7. The molecular weight excluding hydrogens is 302 g/mol. The maximum atomic E-state index is 11.8. The first-order chi connectivity index (χ1) is 11.7. The van der Waals surface area contributed by atoms with Crippen LogP contribution in [-0.2, 0) is 9.59 Å². The molecule has 0 radical (unpaired) electrons. The SMILES string of the molecule is O=C1CCC(=O)N1CCN1CCCCC1c1cc2ccccc2[nH]1. The van der Waals surface area contributed by atoms with E-state index in [2.05, 4.69) is 34.1 Å². The van der Waals surface area contributed by atoms with Gasteiger partial charge in [0.15, 0.2) is 0 Å². The molecule has 126 valence electrons. The molecule has 1 atom stereocenters.